The third-order valence-electron chi connectivity index (χ3n) is 5.12. The van der Waals surface area contributed by atoms with Gasteiger partial charge in [-0.15, -0.1) is 0 Å². The summed E-state index contributed by atoms with van der Waals surface area (Å²) in [6.07, 6.45) is 6.11. The van der Waals surface area contributed by atoms with Crippen LogP contribution in [0, 0.1) is 0 Å². The number of fused-ring (bicyclic) bond motifs is 6. The molecular weight excluding hydrogens is 474 g/mol. The van der Waals surface area contributed by atoms with Gasteiger partial charge in [-0.2, -0.15) is 10.1 Å². The second kappa shape index (κ2) is 9.38. The van der Waals surface area contributed by atoms with E-state index in [9.17, 15) is 19.2 Å². The van der Waals surface area contributed by atoms with Gasteiger partial charge in [0.15, 0.2) is 0 Å². The molecule has 0 saturated carbocycles. The Morgan fingerprint density at radius 1 is 0.833 bits per heavy atom. The molecule has 0 spiro atoms. The fraction of sp³-hybridized carbons (Fsp3) is 0.174. The summed E-state index contributed by atoms with van der Waals surface area (Å²) in [4.78, 5) is 57.5. The standard InChI is InChI=1S/C23H17N5O8/c24-8-1-2-10-28-20-18-19(27-28)12-7-9-25-13(11-12)33-14(29)3-4-15(30)34-21(20)23-26-22(18)35-16(31)5-6-17(32)36-23/h3-7,9,11H,1-2,8,10,24H2. The highest BCUT2D eigenvalue weighted by molar-refractivity contribution is 6.05. The molecule has 0 saturated heterocycles. The molecule has 2 aliphatic rings. The third kappa shape index (κ3) is 4.42. The highest BCUT2D eigenvalue weighted by atomic mass is 16.6. The summed E-state index contributed by atoms with van der Waals surface area (Å²) < 4.78 is 22.9. The number of esters is 4. The smallest absolute Gasteiger partial charge is 0.337 e. The Labute approximate surface area is 202 Å². The van der Waals surface area contributed by atoms with E-state index < -0.39 is 29.8 Å². The Bertz CT molecular complexity index is 1490. The van der Waals surface area contributed by atoms with Gasteiger partial charge in [-0.3, -0.25) is 4.68 Å². The molecule has 3 aromatic heterocycles. The fourth-order valence-electron chi connectivity index (χ4n) is 3.62. The minimum atomic E-state index is -0.988. The van der Waals surface area contributed by atoms with Crippen molar-refractivity contribution in [2.24, 2.45) is 5.73 Å². The summed E-state index contributed by atoms with van der Waals surface area (Å²) >= 11 is 0. The molecule has 13 heteroatoms. The summed E-state index contributed by atoms with van der Waals surface area (Å²) in [6.45, 7) is 0.765. The number of ether oxygens (including phenoxy) is 4. The summed E-state index contributed by atoms with van der Waals surface area (Å²) in [5, 5.41) is 4.85. The van der Waals surface area contributed by atoms with E-state index in [1.165, 1.54) is 16.9 Å². The van der Waals surface area contributed by atoms with Gasteiger partial charge in [0.2, 0.25) is 17.5 Å². The molecule has 0 aromatic carbocycles. The van der Waals surface area contributed by atoms with E-state index in [1.54, 1.807) is 6.07 Å². The molecule has 0 fully saturated rings. The van der Waals surface area contributed by atoms with Crippen LogP contribution in [0.3, 0.4) is 0 Å². The van der Waals surface area contributed by atoms with E-state index >= 15 is 0 Å². The van der Waals surface area contributed by atoms with Crippen molar-refractivity contribution in [3.05, 3.63) is 42.6 Å². The summed E-state index contributed by atoms with van der Waals surface area (Å²) in [6, 6.07) is 3.05. The molecule has 2 N–H and O–H groups in total. The van der Waals surface area contributed by atoms with Crippen molar-refractivity contribution in [2.45, 2.75) is 19.4 Å². The van der Waals surface area contributed by atoms with E-state index in [4.69, 9.17) is 24.7 Å². The highest BCUT2D eigenvalue weighted by Gasteiger charge is 2.30. The van der Waals surface area contributed by atoms with Gasteiger partial charge >= 0.3 is 23.9 Å². The first kappa shape index (κ1) is 22.9. The van der Waals surface area contributed by atoms with Gasteiger partial charge in [0, 0.05) is 48.7 Å². The van der Waals surface area contributed by atoms with Crippen molar-refractivity contribution in [3.63, 3.8) is 0 Å². The van der Waals surface area contributed by atoms with Crippen molar-refractivity contribution in [3.8, 4) is 34.6 Å². The van der Waals surface area contributed by atoms with Crippen molar-refractivity contribution in [1.29, 1.82) is 0 Å². The molecule has 0 aliphatic carbocycles. The van der Waals surface area contributed by atoms with E-state index in [-0.39, 0.29) is 34.1 Å². The molecule has 0 atom stereocenters. The number of carbonyl (C=O) groups is 4. The van der Waals surface area contributed by atoms with Crippen LogP contribution < -0.4 is 24.7 Å². The topological polar surface area (TPSA) is 175 Å². The predicted octanol–water partition coefficient (Wildman–Crippen LogP) is 0.993. The Morgan fingerprint density at radius 3 is 2.22 bits per heavy atom. The number of nitrogens with two attached hydrogens (primary N) is 1. The van der Waals surface area contributed by atoms with Crippen LogP contribution in [-0.2, 0) is 25.7 Å². The zero-order valence-corrected chi connectivity index (χ0v) is 18.5. The van der Waals surface area contributed by atoms with Gasteiger partial charge in [0.05, 0.1) is 5.39 Å². The second-order valence-corrected chi connectivity index (χ2v) is 7.58. The molecule has 0 amide bonds. The highest BCUT2D eigenvalue weighted by Crippen LogP contribution is 2.44. The Balaban J connectivity index is 1.86. The van der Waals surface area contributed by atoms with Gasteiger partial charge in [-0.1, -0.05) is 0 Å². The largest absolute Gasteiger partial charge is 0.415 e. The zero-order chi connectivity index (χ0) is 25.2. The van der Waals surface area contributed by atoms with Crippen LogP contribution in [0.1, 0.15) is 12.8 Å². The minimum absolute atomic E-state index is 0.0567. The second-order valence-electron chi connectivity index (χ2n) is 7.58. The van der Waals surface area contributed by atoms with Crippen LogP contribution in [0.2, 0.25) is 0 Å². The SMILES string of the molecule is NCCCCn1nc2c3c4nc(c(c31)OC(=O)C=CC(=O)Oc1cc-2ccn1)OC(=O)C=CC(=O)O4. The van der Waals surface area contributed by atoms with Crippen LogP contribution >= 0.6 is 0 Å². The average molecular weight is 491 g/mol. The summed E-state index contributed by atoms with van der Waals surface area (Å²) in [5.41, 5.74) is 6.52. The number of hydrogen-bond acceptors (Lipinski definition) is 12. The fourth-order valence-corrected chi connectivity index (χ4v) is 3.62. The Morgan fingerprint density at radius 2 is 1.50 bits per heavy atom. The van der Waals surface area contributed by atoms with E-state index in [2.05, 4.69) is 15.1 Å². The molecule has 0 unspecified atom stereocenters. The zero-order valence-electron chi connectivity index (χ0n) is 18.5. The number of aromatic nitrogens is 4. The van der Waals surface area contributed by atoms with Crippen LogP contribution in [0.15, 0.2) is 42.6 Å². The van der Waals surface area contributed by atoms with Crippen molar-refractivity contribution >= 4 is 34.8 Å². The molecule has 0 radical (unpaired) electrons. The number of unbranched alkanes of at least 4 members (excludes halogenated alkanes) is 1. The van der Waals surface area contributed by atoms with Crippen LogP contribution in [0.5, 0.6) is 23.4 Å². The number of nitrogens with zero attached hydrogens (tertiary/aromatic N) is 4. The van der Waals surface area contributed by atoms with Gasteiger partial charge in [-0.05, 0) is 25.5 Å². The average Bonchev–Trinajstić information content (AvgIpc) is 3.25. The maximum Gasteiger partial charge on any atom is 0.337 e. The molecular formula is C23H17N5O8. The van der Waals surface area contributed by atoms with E-state index in [0.29, 0.717) is 31.5 Å². The molecule has 5 heterocycles. The minimum Gasteiger partial charge on any atom is -0.415 e. The normalized spacial score (nSPS) is 15.0. The lowest BCUT2D eigenvalue weighted by Crippen LogP contribution is -2.13. The number of aryl methyl sites for hydroxylation is 1. The Hall–Kier alpha value is -4.91. The van der Waals surface area contributed by atoms with E-state index in [0.717, 1.165) is 24.3 Å². The molecule has 8 bridgehead atoms. The lowest BCUT2D eigenvalue weighted by Gasteiger charge is -2.13. The van der Waals surface area contributed by atoms with Gasteiger partial charge in [0.1, 0.15) is 11.2 Å². The maximum absolute atomic E-state index is 12.6. The lowest BCUT2D eigenvalue weighted by atomic mass is 10.1. The number of rotatable bonds is 4. The molecule has 3 aromatic rings. The van der Waals surface area contributed by atoms with Crippen molar-refractivity contribution in [2.75, 3.05) is 6.54 Å². The van der Waals surface area contributed by atoms with Crippen LogP contribution in [-0.4, -0.2) is 50.2 Å². The summed E-state index contributed by atoms with van der Waals surface area (Å²) in [5.74, 6) is -4.67. The molecule has 5 rings (SSSR count). The Kier molecular flexibility index (Phi) is 5.96. The quantitative estimate of drug-likeness (QED) is 0.405. The van der Waals surface area contributed by atoms with Gasteiger partial charge < -0.3 is 24.7 Å². The van der Waals surface area contributed by atoms with Crippen molar-refractivity contribution in [1.82, 2.24) is 19.7 Å². The third-order valence-corrected chi connectivity index (χ3v) is 5.12. The number of carbonyl (C=O) groups excluding carboxylic acids is 4. The molecule has 13 nitrogen and oxygen atoms in total. The maximum atomic E-state index is 12.6. The lowest BCUT2D eigenvalue weighted by molar-refractivity contribution is -0.132. The first-order valence-corrected chi connectivity index (χ1v) is 10.8. The predicted molar refractivity (Wildman–Crippen MR) is 120 cm³/mol. The van der Waals surface area contributed by atoms with Gasteiger partial charge in [-0.25, -0.2) is 24.2 Å². The molecule has 2 aliphatic heterocycles. The van der Waals surface area contributed by atoms with Crippen LogP contribution in [0.4, 0.5) is 0 Å². The molecule has 36 heavy (non-hydrogen) atoms. The summed E-state index contributed by atoms with van der Waals surface area (Å²) in [7, 11) is 0. The van der Waals surface area contributed by atoms with Crippen molar-refractivity contribution < 1.29 is 38.1 Å². The monoisotopic (exact) mass is 491 g/mol. The number of hydrogen-bond donors (Lipinski definition) is 1. The first-order chi connectivity index (χ1) is 17.4. The number of pyridine rings is 2. The van der Waals surface area contributed by atoms with Gasteiger partial charge in [0.25, 0.3) is 5.88 Å². The first-order valence-electron chi connectivity index (χ1n) is 10.8. The molecule has 182 valence electrons. The van der Waals surface area contributed by atoms with E-state index in [1.807, 2.05) is 0 Å². The van der Waals surface area contributed by atoms with Crippen LogP contribution in [0.25, 0.3) is 22.2 Å².